The fraction of sp³-hybridized carbons (Fsp3) is 0.294. The van der Waals surface area contributed by atoms with Crippen LogP contribution in [-0.2, 0) is 11.2 Å². The average molecular weight is 385 g/mol. The Morgan fingerprint density at radius 3 is 2.68 bits per heavy atom. The quantitative estimate of drug-likeness (QED) is 0.488. The summed E-state index contributed by atoms with van der Waals surface area (Å²) >= 11 is 0. The van der Waals surface area contributed by atoms with Gasteiger partial charge in [-0.25, -0.2) is 0 Å². The summed E-state index contributed by atoms with van der Waals surface area (Å²) in [5, 5.41) is 22.8. The molecular weight excluding hydrogens is 369 g/mol. The number of benzene rings is 1. The lowest BCUT2D eigenvalue weighted by Gasteiger charge is -2.35. The molecule has 28 heavy (non-hydrogen) atoms. The van der Waals surface area contributed by atoms with Gasteiger partial charge in [0.1, 0.15) is 12.1 Å². The zero-order valence-corrected chi connectivity index (χ0v) is 14.7. The Labute approximate surface area is 158 Å². The number of nitro groups is 1. The van der Waals surface area contributed by atoms with Crippen LogP contribution in [0.15, 0.2) is 36.7 Å². The predicted octanol–water partition coefficient (Wildman–Crippen LogP) is 1.06. The monoisotopic (exact) mass is 385 g/mol. The summed E-state index contributed by atoms with van der Waals surface area (Å²) in [4.78, 5) is 26.2. The first-order valence-corrected chi connectivity index (χ1v) is 8.64. The van der Waals surface area contributed by atoms with Crippen molar-refractivity contribution in [2.45, 2.75) is 6.42 Å². The van der Waals surface area contributed by atoms with Gasteiger partial charge in [-0.1, -0.05) is 6.07 Å². The number of piperazine rings is 1. The molecule has 1 aliphatic heterocycles. The van der Waals surface area contributed by atoms with Gasteiger partial charge in [0.25, 0.3) is 0 Å². The summed E-state index contributed by atoms with van der Waals surface area (Å²) in [5.41, 5.74) is 0.477. The van der Waals surface area contributed by atoms with Gasteiger partial charge in [-0.3, -0.25) is 14.9 Å². The Morgan fingerprint density at radius 2 is 1.96 bits per heavy atom. The van der Waals surface area contributed by atoms with Crippen LogP contribution < -0.4 is 4.90 Å². The lowest BCUT2D eigenvalue weighted by atomic mass is 10.1. The highest BCUT2D eigenvalue weighted by Crippen LogP contribution is 2.19. The van der Waals surface area contributed by atoms with Gasteiger partial charge in [0.15, 0.2) is 5.65 Å². The van der Waals surface area contributed by atoms with Crippen LogP contribution >= 0.6 is 0 Å². The van der Waals surface area contributed by atoms with Crippen LogP contribution in [0.1, 0.15) is 5.56 Å². The molecule has 0 unspecified atom stereocenters. The molecule has 2 aromatic heterocycles. The number of rotatable bonds is 4. The number of hydrogen-bond acceptors (Lipinski definition) is 7. The first-order valence-electron chi connectivity index (χ1n) is 8.64. The number of nitrogens with zero attached hydrogens (tertiary/aromatic N) is 7. The Bertz CT molecular complexity index is 1050. The van der Waals surface area contributed by atoms with Crippen molar-refractivity contribution in [3.05, 3.63) is 58.2 Å². The van der Waals surface area contributed by atoms with Gasteiger partial charge < -0.3 is 9.80 Å². The normalized spacial score (nSPS) is 14.5. The van der Waals surface area contributed by atoms with Gasteiger partial charge in [0.2, 0.25) is 11.7 Å². The number of nitro benzene ring substituents is 1. The van der Waals surface area contributed by atoms with Crippen molar-refractivity contribution in [2.75, 3.05) is 31.1 Å². The van der Waals surface area contributed by atoms with E-state index in [1.807, 2.05) is 12.1 Å². The van der Waals surface area contributed by atoms with Gasteiger partial charge >= 0.3 is 5.69 Å². The fourth-order valence-corrected chi connectivity index (χ4v) is 3.17. The van der Waals surface area contributed by atoms with Crippen LogP contribution in [0.2, 0.25) is 0 Å². The van der Waals surface area contributed by atoms with E-state index in [0.29, 0.717) is 37.4 Å². The largest absolute Gasteiger partial charge is 0.352 e. The molecule has 3 aromatic rings. The van der Waals surface area contributed by atoms with E-state index in [-0.39, 0.29) is 12.3 Å². The van der Waals surface area contributed by atoms with Gasteiger partial charge in [-0.05, 0) is 23.8 Å². The molecular formula is C17H16FN7O3. The molecule has 0 bridgehead atoms. The summed E-state index contributed by atoms with van der Waals surface area (Å²) in [6.45, 7) is 2.24. The van der Waals surface area contributed by atoms with Crippen LogP contribution in [0.4, 0.5) is 15.9 Å². The number of aromatic nitrogens is 4. The summed E-state index contributed by atoms with van der Waals surface area (Å²) in [6.07, 6.45) is 1.53. The molecule has 1 fully saturated rings. The van der Waals surface area contributed by atoms with Gasteiger partial charge in [0, 0.05) is 32.2 Å². The number of fused-ring (bicyclic) bond motifs is 1. The lowest BCUT2D eigenvalue weighted by molar-refractivity contribution is -0.387. The first kappa shape index (κ1) is 17.8. The molecule has 0 N–H and O–H groups in total. The molecule has 0 atom stereocenters. The van der Waals surface area contributed by atoms with E-state index in [1.54, 1.807) is 9.42 Å². The van der Waals surface area contributed by atoms with E-state index >= 15 is 0 Å². The summed E-state index contributed by atoms with van der Waals surface area (Å²) in [5.74, 6) is -0.303. The molecule has 11 heteroatoms. The Balaban J connectivity index is 1.37. The standard InChI is InChI=1S/C17H16FN7O3/c18-13-9-12(1-2-14(13)25(27)28)10-17(26)23-7-5-22(6-8-23)16-4-3-15-20-19-11-24(15)21-16/h1-4,9,11H,5-8,10H2. The maximum Gasteiger partial charge on any atom is 0.304 e. The molecule has 1 aliphatic rings. The van der Waals surface area contributed by atoms with E-state index in [1.165, 1.54) is 12.4 Å². The minimum absolute atomic E-state index is 0.000169. The second-order valence-corrected chi connectivity index (χ2v) is 6.41. The highest BCUT2D eigenvalue weighted by atomic mass is 19.1. The molecule has 144 valence electrons. The molecule has 0 spiro atoms. The molecule has 3 heterocycles. The van der Waals surface area contributed by atoms with Gasteiger partial charge in [-0.15, -0.1) is 15.3 Å². The minimum Gasteiger partial charge on any atom is -0.352 e. The topological polar surface area (TPSA) is 110 Å². The average Bonchev–Trinajstić information content (AvgIpc) is 3.15. The third-order valence-electron chi connectivity index (χ3n) is 4.67. The Hall–Kier alpha value is -3.63. The number of carbonyl (C=O) groups is 1. The molecule has 1 aromatic carbocycles. The van der Waals surface area contributed by atoms with Crippen molar-refractivity contribution in [3.63, 3.8) is 0 Å². The maximum absolute atomic E-state index is 13.7. The van der Waals surface area contributed by atoms with Gasteiger partial charge in [-0.2, -0.15) is 8.91 Å². The van der Waals surface area contributed by atoms with Crippen molar-refractivity contribution in [1.82, 2.24) is 24.7 Å². The molecule has 10 nitrogen and oxygen atoms in total. The van der Waals surface area contributed by atoms with Crippen LogP contribution in [0.25, 0.3) is 5.65 Å². The van der Waals surface area contributed by atoms with Crippen LogP contribution in [-0.4, -0.2) is 61.7 Å². The SMILES string of the molecule is O=C(Cc1ccc([N+](=O)[O-])c(F)c1)N1CCN(c2ccc3nncn3n2)CC1. The van der Waals surface area contributed by atoms with E-state index in [9.17, 15) is 19.3 Å². The zero-order valence-electron chi connectivity index (χ0n) is 14.7. The second kappa shape index (κ2) is 7.18. The van der Waals surface area contributed by atoms with E-state index in [4.69, 9.17) is 0 Å². The Kier molecular flexibility index (Phi) is 4.55. The van der Waals surface area contributed by atoms with Crippen molar-refractivity contribution in [3.8, 4) is 0 Å². The smallest absolute Gasteiger partial charge is 0.304 e. The molecule has 0 aliphatic carbocycles. The molecule has 0 saturated carbocycles. The van der Waals surface area contributed by atoms with Crippen molar-refractivity contribution in [2.24, 2.45) is 0 Å². The number of anilines is 1. The Morgan fingerprint density at radius 1 is 1.18 bits per heavy atom. The number of amides is 1. The van der Waals surface area contributed by atoms with Crippen molar-refractivity contribution >= 4 is 23.1 Å². The van der Waals surface area contributed by atoms with Gasteiger partial charge in [0.05, 0.1) is 11.3 Å². The molecule has 1 amide bonds. The highest BCUT2D eigenvalue weighted by Gasteiger charge is 2.23. The summed E-state index contributed by atoms with van der Waals surface area (Å²) in [6, 6.07) is 7.23. The minimum atomic E-state index is -0.935. The second-order valence-electron chi connectivity index (χ2n) is 6.41. The number of hydrogen-bond donors (Lipinski definition) is 0. The predicted molar refractivity (Wildman–Crippen MR) is 96.3 cm³/mol. The van der Waals surface area contributed by atoms with Crippen LogP contribution in [0.5, 0.6) is 0 Å². The fourth-order valence-electron chi connectivity index (χ4n) is 3.17. The molecule has 4 rings (SSSR count). The van der Waals surface area contributed by atoms with Crippen molar-refractivity contribution in [1.29, 1.82) is 0 Å². The molecule has 1 saturated heterocycles. The first-order chi connectivity index (χ1) is 13.5. The maximum atomic E-state index is 13.7. The van der Waals surface area contributed by atoms with E-state index in [0.717, 1.165) is 18.0 Å². The zero-order chi connectivity index (χ0) is 19.7. The lowest BCUT2D eigenvalue weighted by Crippen LogP contribution is -2.49. The van der Waals surface area contributed by atoms with E-state index in [2.05, 4.69) is 20.2 Å². The third-order valence-corrected chi connectivity index (χ3v) is 4.67. The van der Waals surface area contributed by atoms with E-state index < -0.39 is 16.4 Å². The molecule has 0 radical (unpaired) electrons. The summed E-state index contributed by atoms with van der Waals surface area (Å²) < 4.78 is 15.3. The van der Waals surface area contributed by atoms with Crippen LogP contribution in [0.3, 0.4) is 0 Å². The number of halogens is 1. The van der Waals surface area contributed by atoms with Crippen LogP contribution in [0, 0.1) is 15.9 Å². The van der Waals surface area contributed by atoms with Crippen molar-refractivity contribution < 1.29 is 14.1 Å². The third kappa shape index (κ3) is 3.46. The highest BCUT2D eigenvalue weighted by molar-refractivity contribution is 5.79. The number of carbonyl (C=O) groups excluding carboxylic acids is 1. The summed E-state index contributed by atoms with van der Waals surface area (Å²) in [7, 11) is 0.